The van der Waals surface area contributed by atoms with Crippen LogP contribution in [0.4, 0.5) is 29.6 Å². The third kappa shape index (κ3) is 4.54. The highest BCUT2D eigenvalue weighted by molar-refractivity contribution is 6.30. The lowest BCUT2D eigenvalue weighted by atomic mass is 9.93. The number of anilines is 2. The van der Waals surface area contributed by atoms with E-state index in [2.05, 4.69) is 20.6 Å². The molecule has 0 atom stereocenters. The minimum atomic E-state index is -4.82. The van der Waals surface area contributed by atoms with Crippen molar-refractivity contribution in [2.75, 3.05) is 5.32 Å². The van der Waals surface area contributed by atoms with Crippen LogP contribution in [0.1, 0.15) is 25.0 Å². The number of alkyl halides is 3. The van der Waals surface area contributed by atoms with Gasteiger partial charge in [-0.2, -0.15) is 13.2 Å². The first-order valence-electron chi connectivity index (χ1n) is 7.76. The summed E-state index contributed by atoms with van der Waals surface area (Å²) >= 11 is 5.83. The number of halogens is 4. The fraction of sp³-hybridized carbons (Fsp3) is 0.312. The summed E-state index contributed by atoms with van der Waals surface area (Å²) in [7, 11) is 0. The second kappa shape index (κ2) is 7.36. The molecule has 0 unspecified atom stereocenters. The lowest BCUT2D eigenvalue weighted by Crippen LogP contribution is -2.41. The number of hydrogen-bond donors (Lipinski definition) is 2. The minimum absolute atomic E-state index is 0.0680. The van der Waals surface area contributed by atoms with Crippen molar-refractivity contribution in [3.8, 4) is 5.75 Å². The molecule has 0 saturated heterocycles. The van der Waals surface area contributed by atoms with Crippen LogP contribution in [0.3, 0.4) is 0 Å². The highest BCUT2D eigenvalue weighted by Crippen LogP contribution is 2.35. The van der Waals surface area contributed by atoms with Gasteiger partial charge in [0, 0.05) is 16.8 Å². The third-order valence-corrected chi connectivity index (χ3v) is 3.97. The summed E-state index contributed by atoms with van der Waals surface area (Å²) in [5, 5.41) is 5.52. The molecule has 2 N–H and O–H groups in total. The van der Waals surface area contributed by atoms with E-state index in [9.17, 15) is 18.0 Å². The van der Waals surface area contributed by atoms with Crippen LogP contribution in [0.25, 0.3) is 0 Å². The number of carbonyl (C=O) groups is 1. The standard InChI is InChI=1S/C16H14ClF3N4O2/c17-9-3-1-6-11(7-9)22-14-21-8-12(13(24-14)16(18,19)20)26-15(25)23-10-4-2-5-10/h1,3,6-8,10H,2,4-5H2,(H,23,25)(H,21,22,24). The van der Waals surface area contributed by atoms with E-state index in [0.717, 1.165) is 25.5 Å². The molecule has 1 fully saturated rings. The lowest BCUT2D eigenvalue weighted by Gasteiger charge is -2.25. The van der Waals surface area contributed by atoms with Crippen molar-refractivity contribution in [1.29, 1.82) is 0 Å². The Labute approximate surface area is 151 Å². The second-order valence-electron chi connectivity index (χ2n) is 5.70. The second-order valence-corrected chi connectivity index (χ2v) is 6.14. The summed E-state index contributed by atoms with van der Waals surface area (Å²) in [5.74, 6) is -1.06. The van der Waals surface area contributed by atoms with E-state index in [-0.39, 0.29) is 12.0 Å². The van der Waals surface area contributed by atoms with Crippen molar-refractivity contribution >= 4 is 29.3 Å². The average Bonchev–Trinajstić information content (AvgIpc) is 2.51. The van der Waals surface area contributed by atoms with E-state index >= 15 is 0 Å². The Morgan fingerprint density at radius 3 is 2.69 bits per heavy atom. The first-order chi connectivity index (χ1) is 12.3. The van der Waals surface area contributed by atoms with E-state index in [1.165, 1.54) is 6.07 Å². The molecule has 1 aliphatic carbocycles. The Morgan fingerprint density at radius 2 is 2.08 bits per heavy atom. The average molecular weight is 387 g/mol. The van der Waals surface area contributed by atoms with Crippen molar-refractivity contribution in [2.24, 2.45) is 0 Å². The van der Waals surface area contributed by atoms with Crippen LogP contribution in [0.15, 0.2) is 30.5 Å². The molecule has 1 amide bonds. The Kier molecular flexibility index (Phi) is 5.17. The topological polar surface area (TPSA) is 76.1 Å². The fourth-order valence-corrected chi connectivity index (χ4v) is 2.44. The Morgan fingerprint density at radius 1 is 1.31 bits per heavy atom. The summed E-state index contributed by atoms with van der Waals surface area (Å²) < 4.78 is 44.6. The zero-order valence-electron chi connectivity index (χ0n) is 13.3. The predicted molar refractivity (Wildman–Crippen MR) is 88.6 cm³/mol. The number of benzene rings is 1. The maximum Gasteiger partial charge on any atom is 0.437 e. The lowest BCUT2D eigenvalue weighted by molar-refractivity contribution is -0.142. The Hall–Kier alpha value is -2.55. The molecule has 26 heavy (non-hydrogen) atoms. The van der Waals surface area contributed by atoms with Gasteiger partial charge in [0.15, 0.2) is 11.4 Å². The molecular weight excluding hydrogens is 373 g/mol. The molecule has 138 valence electrons. The fourth-order valence-electron chi connectivity index (χ4n) is 2.25. The van der Waals surface area contributed by atoms with Crippen LogP contribution < -0.4 is 15.4 Å². The molecule has 0 spiro atoms. The molecule has 1 aliphatic rings. The maximum atomic E-state index is 13.3. The Balaban J connectivity index is 1.80. The SMILES string of the molecule is O=C(NC1CCC1)Oc1cnc(Nc2cccc(Cl)c2)nc1C(F)(F)F. The van der Waals surface area contributed by atoms with E-state index < -0.39 is 23.7 Å². The molecule has 0 radical (unpaired) electrons. The van der Waals surface area contributed by atoms with Crippen molar-refractivity contribution in [2.45, 2.75) is 31.5 Å². The number of rotatable bonds is 4. The van der Waals surface area contributed by atoms with Gasteiger partial charge in [-0.15, -0.1) is 0 Å². The highest BCUT2D eigenvalue weighted by Gasteiger charge is 2.38. The van der Waals surface area contributed by atoms with E-state index in [1.807, 2.05) is 0 Å². The molecule has 1 saturated carbocycles. The van der Waals surface area contributed by atoms with Gasteiger partial charge in [-0.1, -0.05) is 17.7 Å². The third-order valence-electron chi connectivity index (χ3n) is 3.73. The van der Waals surface area contributed by atoms with Crippen LogP contribution in [-0.4, -0.2) is 22.1 Å². The molecule has 10 heteroatoms. The highest BCUT2D eigenvalue weighted by atomic mass is 35.5. The van der Waals surface area contributed by atoms with Crippen LogP contribution in [-0.2, 0) is 6.18 Å². The molecule has 3 rings (SSSR count). The molecule has 0 bridgehead atoms. The number of nitrogens with one attached hydrogen (secondary N) is 2. The number of hydrogen-bond acceptors (Lipinski definition) is 5. The van der Waals surface area contributed by atoms with Gasteiger partial charge in [-0.05, 0) is 37.5 Å². The van der Waals surface area contributed by atoms with Gasteiger partial charge in [-0.25, -0.2) is 14.8 Å². The quantitative estimate of drug-likeness (QED) is 0.807. The first-order valence-corrected chi connectivity index (χ1v) is 8.14. The maximum absolute atomic E-state index is 13.3. The number of aromatic nitrogens is 2. The number of carbonyl (C=O) groups excluding carboxylic acids is 1. The van der Waals surface area contributed by atoms with Gasteiger partial charge < -0.3 is 15.4 Å². The van der Waals surface area contributed by atoms with Crippen LogP contribution in [0.2, 0.25) is 5.02 Å². The zero-order valence-corrected chi connectivity index (χ0v) is 14.1. The first kappa shape index (κ1) is 18.2. The molecule has 1 aromatic carbocycles. The predicted octanol–water partition coefficient (Wildman–Crippen LogP) is 4.53. The molecule has 1 heterocycles. The van der Waals surface area contributed by atoms with Gasteiger partial charge in [0.2, 0.25) is 5.95 Å². The largest absolute Gasteiger partial charge is 0.437 e. The van der Waals surface area contributed by atoms with E-state index in [1.54, 1.807) is 18.2 Å². The van der Waals surface area contributed by atoms with E-state index in [0.29, 0.717) is 10.7 Å². The summed E-state index contributed by atoms with van der Waals surface area (Å²) in [6.07, 6.45) is -2.45. The summed E-state index contributed by atoms with van der Waals surface area (Å²) in [4.78, 5) is 18.9. The zero-order chi connectivity index (χ0) is 18.7. The van der Waals surface area contributed by atoms with E-state index in [4.69, 9.17) is 16.3 Å². The van der Waals surface area contributed by atoms with Crippen molar-refractivity contribution in [3.63, 3.8) is 0 Å². The van der Waals surface area contributed by atoms with Crippen molar-refractivity contribution in [1.82, 2.24) is 15.3 Å². The number of amides is 1. The normalized spacial score (nSPS) is 14.5. The molecule has 0 aliphatic heterocycles. The summed E-state index contributed by atoms with van der Waals surface area (Å²) in [5.41, 5.74) is -0.928. The van der Waals surface area contributed by atoms with Crippen molar-refractivity contribution < 1.29 is 22.7 Å². The van der Waals surface area contributed by atoms with Gasteiger partial charge in [-0.3, -0.25) is 0 Å². The number of nitrogens with zero attached hydrogens (tertiary/aromatic N) is 2. The number of ether oxygens (including phenoxy) is 1. The Bertz CT molecular complexity index is 812. The smallest absolute Gasteiger partial charge is 0.406 e. The molecule has 1 aromatic heterocycles. The van der Waals surface area contributed by atoms with Crippen molar-refractivity contribution in [3.05, 3.63) is 41.2 Å². The van der Waals surface area contributed by atoms with Crippen LogP contribution in [0, 0.1) is 0 Å². The van der Waals surface area contributed by atoms with Gasteiger partial charge in [0.05, 0.1) is 6.20 Å². The van der Waals surface area contributed by atoms with Gasteiger partial charge >= 0.3 is 12.3 Å². The van der Waals surface area contributed by atoms with Crippen LogP contribution >= 0.6 is 11.6 Å². The molecular formula is C16H14ClF3N4O2. The summed E-state index contributed by atoms with van der Waals surface area (Å²) in [6.45, 7) is 0. The summed E-state index contributed by atoms with van der Waals surface area (Å²) in [6, 6.07) is 6.28. The molecule has 6 nitrogen and oxygen atoms in total. The van der Waals surface area contributed by atoms with Crippen LogP contribution in [0.5, 0.6) is 5.75 Å². The molecule has 2 aromatic rings. The van der Waals surface area contributed by atoms with Gasteiger partial charge in [0.25, 0.3) is 0 Å². The van der Waals surface area contributed by atoms with Gasteiger partial charge in [0.1, 0.15) is 0 Å². The minimum Gasteiger partial charge on any atom is -0.406 e. The monoisotopic (exact) mass is 386 g/mol.